The molecular weight excluding hydrogens is 232 g/mol. The molecule has 0 aliphatic heterocycles. The zero-order valence-electron chi connectivity index (χ0n) is 12.5. The van der Waals surface area contributed by atoms with Gasteiger partial charge in [0.1, 0.15) is 5.75 Å². The molecule has 0 aromatic heterocycles. The van der Waals surface area contributed by atoms with Gasteiger partial charge in [-0.05, 0) is 35.1 Å². The van der Waals surface area contributed by atoms with Gasteiger partial charge in [-0.3, -0.25) is 0 Å². The molecule has 2 aromatic carbocycles. The average molecular weight is 256 g/mol. The van der Waals surface area contributed by atoms with Crippen LogP contribution in [0, 0.1) is 5.41 Å². The van der Waals surface area contributed by atoms with E-state index in [1.54, 1.807) is 7.11 Å². The lowest BCUT2D eigenvalue weighted by atomic mass is 9.80. The van der Waals surface area contributed by atoms with Crippen LogP contribution in [0.15, 0.2) is 36.4 Å². The second-order valence-corrected chi connectivity index (χ2v) is 6.06. The van der Waals surface area contributed by atoms with Crippen LogP contribution in [0.4, 0.5) is 0 Å². The number of fused-ring (bicyclic) bond motifs is 1. The van der Waals surface area contributed by atoms with Crippen LogP contribution in [0.3, 0.4) is 0 Å². The topological polar surface area (TPSA) is 9.23 Å². The van der Waals surface area contributed by atoms with Crippen molar-refractivity contribution in [1.29, 1.82) is 0 Å². The van der Waals surface area contributed by atoms with E-state index in [2.05, 4.69) is 57.2 Å². The van der Waals surface area contributed by atoms with Crippen molar-refractivity contribution < 1.29 is 4.74 Å². The summed E-state index contributed by atoms with van der Waals surface area (Å²) in [6.07, 6.45) is 3.52. The molecule has 0 saturated carbocycles. The van der Waals surface area contributed by atoms with Gasteiger partial charge in [-0.15, -0.1) is 0 Å². The van der Waals surface area contributed by atoms with Crippen LogP contribution in [0.25, 0.3) is 10.8 Å². The molecule has 0 fully saturated rings. The Hall–Kier alpha value is -1.50. The van der Waals surface area contributed by atoms with E-state index in [-0.39, 0.29) is 0 Å². The highest BCUT2D eigenvalue weighted by atomic mass is 16.5. The van der Waals surface area contributed by atoms with Crippen LogP contribution in [0.2, 0.25) is 0 Å². The maximum Gasteiger partial charge on any atom is 0.122 e. The van der Waals surface area contributed by atoms with E-state index in [0.29, 0.717) is 5.41 Å². The monoisotopic (exact) mass is 256 g/mol. The van der Waals surface area contributed by atoms with Crippen LogP contribution >= 0.6 is 0 Å². The van der Waals surface area contributed by atoms with Crippen molar-refractivity contribution in [3.8, 4) is 5.75 Å². The minimum Gasteiger partial charge on any atom is -0.496 e. The molecule has 0 bridgehead atoms. The van der Waals surface area contributed by atoms with E-state index in [4.69, 9.17) is 4.74 Å². The third kappa shape index (κ3) is 3.09. The highest BCUT2D eigenvalue weighted by Gasteiger charge is 2.21. The first kappa shape index (κ1) is 13.9. The SMILES string of the molecule is CCCC(C)(C)Cc1c(OC)ccc2ccccc12. The maximum absolute atomic E-state index is 5.58. The standard InChI is InChI=1S/C18H24O/c1-5-12-18(2,3)13-16-15-9-7-6-8-14(15)10-11-17(16)19-4/h6-11H,5,12-13H2,1-4H3. The summed E-state index contributed by atoms with van der Waals surface area (Å²) in [4.78, 5) is 0. The summed E-state index contributed by atoms with van der Waals surface area (Å²) in [6, 6.07) is 12.8. The smallest absolute Gasteiger partial charge is 0.122 e. The molecule has 0 radical (unpaired) electrons. The molecule has 0 aliphatic rings. The molecule has 1 nitrogen and oxygen atoms in total. The summed E-state index contributed by atoms with van der Waals surface area (Å²) in [5.74, 6) is 1.02. The van der Waals surface area contributed by atoms with E-state index < -0.39 is 0 Å². The fraction of sp³-hybridized carbons (Fsp3) is 0.444. The lowest BCUT2D eigenvalue weighted by Gasteiger charge is -2.26. The van der Waals surface area contributed by atoms with Crippen LogP contribution in [0.1, 0.15) is 39.2 Å². The Kier molecular flexibility index (Phi) is 4.14. The summed E-state index contributed by atoms with van der Waals surface area (Å²) in [7, 11) is 1.76. The van der Waals surface area contributed by atoms with Crippen molar-refractivity contribution in [2.45, 2.75) is 40.0 Å². The first-order valence-electron chi connectivity index (χ1n) is 7.12. The van der Waals surface area contributed by atoms with E-state index in [1.165, 1.54) is 29.2 Å². The van der Waals surface area contributed by atoms with Crippen molar-refractivity contribution in [2.75, 3.05) is 7.11 Å². The molecule has 19 heavy (non-hydrogen) atoms. The fourth-order valence-electron chi connectivity index (χ4n) is 2.93. The molecule has 0 N–H and O–H groups in total. The highest BCUT2D eigenvalue weighted by Crippen LogP contribution is 2.35. The molecule has 2 rings (SSSR count). The quantitative estimate of drug-likeness (QED) is 0.713. The molecule has 102 valence electrons. The van der Waals surface area contributed by atoms with E-state index in [9.17, 15) is 0 Å². The van der Waals surface area contributed by atoms with E-state index in [1.807, 2.05) is 0 Å². The predicted molar refractivity (Wildman–Crippen MR) is 82.9 cm³/mol. The Bertz CT molecular complexity index is 555. The van der Waals surface area contributed by atoms with Gasteiger partial charge in [0.25, 0.3) is 0 Å². The molecule has 0 aliphatic carbocycles. The van der Waals surface area contributed by atoms with Crippen molar-refractivity contribution in [1.82, 2.24) is 0 Å². The van der Waals surface area contributed by atoms with Crippen molar-refractivity contribution in [3.05, 3.63) is 42.0 Å². The second kappa shape index (κ2) is 5.64. The Morgan fingerprint density at radius 1 is 1.05 bits per heavy atom. The molecule has 1 heteroatoms. The van der Waals surface area contributed by atoms with Gasteiger partial charge < -0.3 is 4.74 Å². The van der Waals surface area contributed by atoms with Crippen LogP contribution < -0.4 is 4.74 Å². The van der Waals surface area contributed by atoms with Crippen LogP contribution in [-0.4, -0.2) is 7.11 Å². The molecule has 2 aromatic rings. The summed E-state index contributed by atoms with van der Waals surface area (Å²) in [5.41, 5.74) is 1.66. The van der Waals surface area contributed by atoms with Gasteiger partial charge in [0.2, 0.25) is 0 Å². The Morgan fingerprint density at radius 3 is 2.47 bits per heavy atom. The molecule has 0 heterocycles. The minimum atomic E-state index is 0.312. The minimum absolute atomic E-state index is 0.312. The van der Waals surface area contributed by atoms with Gasteiger partial charge in [-0.2, -0.15) is 0 Å². The zero-order valence-corrected chi connectivity index (χ0v) is 12.5. The Balaban J connectivity index is 2.50. The number of hydrogen-bond donors (Lipinski definition) is 0. The molecule has 0 spiro atoms. The largest absolute Gasteiger partial charge is 0.496 e. The van der Waals surface area contributed by atoms with E-state index in [0.717, 1.165) is 12.2 Å². The zero-order chi connectivity index (χ0) is 13.9. The molecule has 0 amide bonds. The van der Waals surface area contributed by atoms with Crippen molar-refractivity contribution >= 4 is 10.8 Å². The first-order valence-corrected chi connectivity index (χ1v) is 7.12. The molecule has 0 unspecified atom stereocenters. The fourth-order valence-corrected chi connectivity index (χ4v) is 2.93. The van der Waals surface area contributed by atoms with Gasteiger partial charge in [0, 0.05) is 5.56 Å². The maximum atomic E-state index is 5.58. The van der Waals surface area contributed by atoms with Gasteiger partial charge >= 0.3 is 0 Å². The van der Waals surface area contributed by atoms with Gasteiger partial charge in [-0.25, -0.2) is 0 Å². The number of methoxy groups -OCH3 is 1. The third-order valence-corrected chi connectivity index (χ3v) is 3.80. The van der Waals surface area contributed by atoms with Gasteiger partial charge in [-0.1, -0.05) is 57.5 Å². The summed E-state index contributed by atoms with van der Waals surface area (Å²) in [5, 5.41) is 2.62. The average Bonchev–Trinajstić information content (AvgIpc) is 2.38. The van der Waals surface area contributed by atoms with Gasteiger partial charge in [0.05, 0.1) is 7.11 Å². The highest BCUT2D eigenvalue weighted by molar-refractivity contribution is 5.87. The number of benzene rings is 2. The number of hydrogen-bond acceptors (Lipinski definition) is 1. The lowest BCUT2D eigenvalue weighted by Crippen LogP contribution is -2.15. The van der Waals surface area contributed by atoms with Crippen molar-refractivity contribution in [2.24, 2.45) is 5.41 Å². The number of ether oxygens (including phenoxy) is 1. The predicted octanol–water partition coefficient (Wildman–Crippen LogP) is 5.22. The first-order chi connectivity index (χ1) is 9.07. The van der Waals surface area contributed by atoms with Crippen LogP contribution in [-0.2, 0) is 6.42 Å². The summed E-state index contributed by atoms with van der Waals surface area (Å²) in [6.45, 7) is 6.94. The molecule has 0 atom stereocenters. The van der Waals surface area contributed by atoms with Crippen molar-refractivity contribution in [3.63, 3.8) is 0 Å². The normalized spacial score (nSPS) is 11.8. The van der Waals surface area contributed by atoms with Gasteiger partial charge in [0.15, 0.2) is 0 Å². The molecule has 0 saturated heterocycles. The Labute approximate surface area is 116 Å². The summed E-state index contributed by atoms with van der Waals surface area (Å²) < 4.78 is 5.58. The van der Waals surface area contributed by atoms with E-state index >= 15 is 0 Å². The summed E-state index contributed by atoms with van der Waals surface area (Å²) >= 11 is 0. The Morgan fingerprint density at radius 2 is 1.79 bits per heavy atom. The second-order valence-electron chi connectivity index (χ2n) is 6.06. The molecular formula is C18H24O. The van der Waals surface area contributed by atoms with Crippen LogP contribution in [0.5, 0.6) is 5.75 Å². The third-order valence-electron chi connectivity index (χ3n) is 3.80. The number of rotatable bonds is 5. The lowest BCUT2D eigenvalue weighted by molar-refractivity contribution is 0.322.